The average molecular weight is 1090 g/mol. The van der Waals surface area contributed by atoms with Crippen molar-refractivity contribution in [2.45, 2.75) is 24.4 Å². The molecular weight excluding hydrogens is 1060 g/mol. The molecule has 0 unspecified atom stereocenters. The summed E-state index contributed by atoms with van der Waals surface area (Å²) in [5, 5.41) is 168. The van der Waals surface area contributed by atoms with E-state index in [1.165, 1.54) is 0 Å². The SMILES string of the molecule is O=C[C@@H](OC(=O)c1cc(O)c(O)c(O)c1Oc1cc2c(=O)oc3c(O)c(O)cc4c(=O)oc(c1O)c2c34)[C@@H](OC(=O)c1cc(O)c(O)c(O)c1)[C@@H]1OC(=O)c2cc(O)c(O)c(O)c2-c2c(cc(O)c(O)c2O)C(=O)OC[C@H]1O. The molecule has 0 spiro atoms. The third-order valence-corrected chi connectivity index (χ3v) is 12.0. The lowest BCUT2D eigenvalue weighted by Gasteiger charge is -2.32. The van der Waals surface area contributed by atoms with Crippen molar-refractivity contribution >= 4 is 62.9 Å². The van der Waals surface area contributed by atoms with E-state index in [1.807, 2.05) is 0 Å². The van der Waals surface area contributed by atoms with Gasteiger partial charge in [0.15, 0.2) is 99.0 Å². The molecule has 1 aliphatic rings. The average Bonchev–Trinajstić information content (AvgIpc) is 3.61. The first-order valence-electron chi connectivity index (χ1n) is 21.4. The predicted molar refractivity (Wildman–Crippen MR) is 247 cm³/mol. The predicted octanol–water partition coefficient (Wildman–Crippen LogP) is 2.24. The molecule has 3 heterocycles. The second-order valence-electron chi connectivity index (χ2n) is 16.6. The quantitative estimate of drug-likeness (QED) is 0.0246. The Balaban J connectivity index is 1.17. The largest absolute Gasteiger partial charge is 0.504 e. The summed E-state index contributed by atoms with van der Waals surface area (Å²) in [5.74, 6) is -29.6. The molecule has 0 saturated heterocycles. The van der Waals surface area contributed by atoms with Crippen molar-refractivity contribution in [1.82, 2.24) is 0 Å². The van der Waals surface area contributed by atoms with Crippen molar-refractivity contribution in [3.8, 4) is 109 Å². The van der Waals surface area contributed by atoms with Crippen molar-refractivity contribution in [3.05, 3.63) is 85.6 Å². The summed E-state index contributed by atoms with van der Waals surface area (Å²) in [6.45, 7) is -1.48. The number of cyclic esters (lactones) is 2. The lowest BCUT2D eigenvalue weighted by molar-refractivity contribution is -0.142. The number of aldehydes is 1. The van der Waals surface area contributed by atoms with Crippen LogP contribution >= 0.6 is 0 Å². The lowest BCUT2D eigenvalue weighted by atomic mass is 9.92. The van der Waals surface area contributed by atoms with E-state index in [-0.39, 0.29) is 11.5 Å². The standard InChI is InChI=1S/C48H30O30/c49-8-24(74-48(71)15-6-20(54)32(60)37(65)38(15)73-23-7-14-28-27-13(46(69)78-42(28)34(23)62)5-21(55)33(61)41(27)77-47(14)70)40(76-43(66)10-1-16(50)29(57)17(51)2-10)39-22(56)9-72-44(67)11-3-18(52)30(58)35(63)25(11)26-12(45(68)75-39)4-19(53)31(59)36(26)64/h1-8,22,24,39-40,50-65H,9H2/t22-,24-,39-,40-/m1/s1. The monoisotopic (exact) mass is 1090 g/mol. The first-order valence-corrected chi connectivity index (χ1v) is 21.4. The first kappa shape index (κ1) is 51.5. The van der Waals surface area contributed by atoms with Crippen LogP contribution < -0.4 is 16.0 Å². The van der Waals surface area contributed by atoms with Crippen molar-refractivity contribution < 1.29 is 138 Å². The number of rotatable bonds is 9. The number of aliphatic hydroxyl groups excluding tert-OH is 1. The van der Waals surface area contributed by atoms with Crippen LogP contribution in [0.4, 0.5) is 0 Å². The Morgan fingerprint density at radius 2 is 1.03 bits per heavy atom. The van der Waals surface area contributed by atoms with Gasteiger partial charge in [0.2, 0.25) is 34.5 Å². The van der Waals surface area contributed by atoms with Crippen molar-refractivity contribution in [2.75, 3.05) is 6.61 Å². The number of hydrogen-bond donors (Lipinski definition) is 16. The Morgan fingerprint density at radius 1 is 0.538 bits per heavy atom. The highest BCUT2D eigenvalue weighted by atomic mass is 16.6. The number of carbonyl (C=O) groups excluding carboxylic acids is 5. The van der Waals surface area contributed by atoms with E-state index in [2.05, 4.69) is 0 Å². The maximum Gasteiger partial charge on any atom is 0.344 e. The van der Waals surface area contributed by atoms with Crippen LogP contribution in [0.5, 0.6) is 97.7 Å². The van der Waals surface area contributed by atoms with Crippen molar-refractivity contribution in [1.29, 1.82) is 0 Å². The zero-order valence-corrected chi connectivity index (χ0v) is 38.0. The third kappa shape index (κ3) is 8.09. The van der Waals surface area contributed by atoms with Gasteiger partial charge in [0.1, 0.15) is 18.3 Å². The molecule has 0 saturated carbocycles. The third-order valence-electron chi connectivity index (χ3n) is 12.0. The van der Waals surface area contributed by atoms with Gasteiger partial charge in [-0.3, -0.25) is 4.79 Å². The summed E-state index contributed by atoms with van der Waals surface area (Å²) in [6.07, 6.45) is -11.6. The summed E-state index contributed by atoms with van der Waals surface area (Å²) < 4.78 is 37.1. The molecule has 9 rings (SSSR count). The van der Waals surface area contributed by atoms with Crippen molar-refractivity contribution in [2.24, 2.45) is 0 Å². The fraction of sp³-hybridized carbons (Fsp3) is 0.104. The molecule has 2 aromatic heterocycles. The van der Waals surface area contributed by atoms with Crippen LogP contribution in [-0.4, -0.2) is 143 Å². The van der Waals surface area contributed by atoms with Gasteiger partial charge in [0, 0.05) is 34.0 Å². The van der Waals surface area contributed by atoms with Crippen LogP contribution in [0.3, 0.4) is 0 Å². The number of aliphatic hydroxyl groups is 1. The molecule has 0 bridgehead atoms. The fourth-order valence-electron chi connectivity index (χ4n) is 8.24. The van der Waals surface area contributed by atoms with E-state index < -0.39 is 231 Å². The van der Waals surface area contributed by atoms with Crippen LogP contribution in [0, 0.1) is 0 Å². The first-order chi connectivity index (χ1) is 36.7. The van der Waals surface area contributed by atoms with Gasteiger partial charge in [-0.2, -0.15) is 0 Å². The number of carbonyl (C=O) groups is 5. The normalized spacial score (nSPS) is 15.3. The number of benzene rings is 6. The molecule has 1 aliphatic heterocycles. The van der Waals surface area contributed by atoms with Gasteiger partial charge >= 0.3 is 35.1 Å². The molecule has 0 amide bonds. The highest BCUT2D eigenvalue weighted by molar-refractivity contribution is 6.22. The molecule has 0 fully saturated rings. The summed E-state index contributed by atoms with van der Waals surface area (Å²) in [6, 6.07) is 3.30. The van der Waals surface area contributed by atoms with Gasteiger partial charge < -0.3 is 114 Å². The highest BCUT2D eigenvalue weighted by Crippen LogP contribution is 2.54. The zero-order chi connectivity index (χ0) is 56.8. The smallest absolute Gasteiger partial charge is 0.344 e. The molecule has 0 radical (unpaired) electrons. The Hall–Kier alpha value is -11.4. The second-order valence-corrected chi connectivity index (χ2v) is 16.6. The van der Waals surface area contributed by atoms with Crippen LogP contribution in [0.15, 0.2) is 60.9 Å². The maximum atomic E-state index is 14.4. The van der Waals surface area contributed by atoms with E-state index in [0.29, 0.717) is 30.3 Å². The van der Waals surface area contributed by atoms with E-state index in [1.54, 1.807) is 0 Å². The lowest BCUT2D eigenvalue weighted by Crippen LogP contribution is -2.52. The zero-order valence-electron chi connectivity index (χ0n) is 38.0. The summed E-state index contributed by atoms with van der Waals surface area (Å²) in [7, 11) is 0. The van der Waals surface area contributed by atoms with Crippen LogP contribution in [-0.2, 0) is 23.7 Å². The van der Waals surface area contributed by atoms with Crippen LogP contribution in [0.25, 0.3) is 43.8 Å². The Kier molecular flexibility index (Phi) is 12.2. The van der Waals surface area contributed by atoms with Gasteiger partial charge in [-0.15, -0.1) is 0 Å². The topological polar surface area (TPSA) is 516 Å². The molecule has 4 atom stereocenters. The number of fused-ring (bicyclic) bond motifs is 3. The molecule has 6 aromatic carbocycles. The molecule has 402 valence electrons. The van der Waals surface area contributed by atoms with Gasteiger partial charge in [0.25, 0.3) is 0 Å². The fourth-order valence-corrected chi connectivity index (χ4v) is 8.24. The number of phenols is 15. The number of phenolic OH excluding ortho intramolecular Hbond substituents is 15. The minimum Gasteiger partial charge on any atom is -0.504 e. The second kappa shape index (κ2) is 18.5. The number of esters is 4. The summed E-state index contributed by atoms with van der Waals surface area (Å²) >= 11 is 0. The van der Waals surface area contributed by atoms with E-state index in [0.717, 1.165) is 6.07 Å². The van der Waals surface area contributed by atoms with E-state index in [9.17, 15) is 115 Å². The van der Waals surface area contributed by atoms with Crippen molar-refractivity contribution in [3.63, 3.8) is 0 Å². The number of hydrogen-bond acceptors (Lipinski definition) is 30. The van der Waals surface area contributed by atoms with Gasteiger partial charge in [-0.05, 0) is 30.3 Å². The minimum atomic E-state index is -2.88. The summed E-state index contributed by atoms with van der Waals surface area (Å²) in [5.41, 5.74) is -11.1. The molecule has 8 aromatic rings. The van der Waals surface area contributed by atoms with E-state index in [4.69, 9.17) is 32.5 Å². The Morgan fingerprint density at radius 3 is 1.59 bits per heavy atom. The van der Waals surface area contributed by atoms with Gasteiger partial charge in [-0.25, -0.2) is 28.8 Å². The maximum absolute atomic E-state index is 14.4. The molecule has 30 heteroatoms. The molecule has 16 N–H and O–H groups in total. The number of ether oxygens (including phenoxy) is 5. The molecule has 0 aliphatic carbocycles. The Bertz CT molecular complexity index is 4050. The minimum absolute atomic E-state index is 0.276. The highest BCUT2D eigenvalue weighted by Gasteiger charge is 2.46. The number of aromatic hydroxyl groups is 15. The molecule has 30 nitrogen and oxygen atoms in total. The Labute approximate surface area is 425 Å². The molecular formula is C48H30O30. The van der Waals surface area contributed by atoms with E-state index >= 15 is 0 Å². The molecule has 78 heavy (non-hydrogen) atoms. The van der Waals surface area contributed by atoms with Crippen LogP contribution in [0.1, 0.15) is 41.4 Å². The summed E-state index contributed by atoms with van der Waals surface area (Å²) in [4.78, 5) is 95.9. The van der Waals surface area contributed by atoms with Gasteiger partial charge in [-0.1, -0.05) is 0 Å². The van der Waals surface area contributed by atoms with Gasteiger partial charge in [0.05, 0.1) is 27.5 Å². The van der Waals surface area contributed by atoms with Crippen LogP contribution in [0.2, 0.25) is 0 Å².